The van der Waals surface area contributed by atoms with Gasteiger partial charge in [0.05, 0.1) is 36.8 Å². The number of carboxylic acid groups (broad SMARTS) is 2. The largest absolute Gasteiger partial charge is 0.490 e. The van der Waals surface area contributed by atoms with Crippen molar-refractivity contribution in [3.63, 3.8) is 0 Å². The number of hydrogen-bond donors (Lipinski definition) is 8. The summed E-state index contributed by atoms with van der Waals surface area (Å²) in [7, 11) is 3.25. The molecule has 5 aromatic rings. The number of Topliss-reactive ketones (excluding diaryl/α,β-unsaturated/α-hetero) is 2. The number of likely N-dealkylation sites (N-methyl/N-ethyl adjacent to an activating group) is 2. The highest BCUT2D eigenvalue weighted by Gasteiger charge is 2.50. The van der Waals surface area contributed by atoms with Crippen LogP contribution in [0.5, 0.6) is 5.75 Å². The number of rotatable bonds is 13. The first-order valence-electron chi connectivity index (χ1n) is 35.0. The summed E-state index contributed by atoms with van der Waals surface area (Å²) in [6, 6.07) is 23.3. The molecular formula is C78H97N9O15. The third kappa shape index (κ3) is 19.1. The van der Waals surface area contributed by atoms with Crippen molar-refractivity contribution in [3.05, 3.63) is 161 Å². The predicted octanol–water partition coefficient (Wildman–Crippen LogP) is 5.54. The lowest BCUT2D eigenvalue weighted by atomic mass is 9.76. The summed E-state index contributed by atoms with van der Waals surface area (Å²) in [5.41, 5.74) is 1.67. The fraction of sp³-hybridized carbons (Fsp3) is 0.474. The first kappa shape index (κ1) is 76.5. The molecule has 12 atom stereocenters. The second kappa shape index (κ2) is 33.4. The van der Waals surface area contributed by atoms with Gasteiger partial charge in [0.25, 0.3) is 5.91 Å². The first-order chi connectivity index (χ1) is 48.4. The lowest BCUT2D eigenvalue weighted by Gasteiger charge is -2.40. The number of ketones is 2. The maximum Gasteiger partial charge on any atom is 0.326 e. The zero-order chi connectivity index (χ0) is 73.9. The molecule has 7 aliphatic rings. The van der Waals surface area contributed by atoms with E-state index >= 15 is 19.2 Å². The maximum atomic E-state index is 15.5. The topological polar surface area (TPSA) is 329 Å². The van der Waals surface area contributed by atoms with Gasteiger partial charge in [0.15, 0.2) is 5.78 Å². The average molecular weight is 1400 g/mol. The van der Waals surface area contributed by atoms with Crippen molar-refractivity contribution in [3.8, 4) is 5.75 Å². The lowest BCUT2D eigenvalue weighted by molar-refractivity contribution is -0.153. The molecule has 0 spiro atoms. The van der Waals surface area contributed by atoms with Crippen molar-refractivity contribution in [1.82, 2.24) is 46.6 Å². The number of aliphatic carboxylic acids is 2. The van der Waals surface area contributed by atoms with Crippen molar-refractivity contribution in [1.29, 1.82) is 0 Å². The Hall–Kier alpha value is -9.65. The van der Waals surface area contributed by atoms with Gasteiger partial charge in [-0.3, -0.25) is 47.9 Å². The molecule has 2 saturated heterocycles. The van der Waals surface area contributed by atoms with Crippen LogP contribution in [0, 0.1) is 22.7 Å². The normalized spacial score (nSPS) is 23.7. The van der Waals surface area contributed by atoms with E-state index in [4.69, 9.17) is 9.47 Å². The number of ether oxygens (including phenoxy) is 2. The molecule has 0 radical (unpaired) electrons. The first-order valence-corrected chi connectivity index (χ1v) is 35.0. The fourth-order valence-electron chi connectivity index (χ4n) is 13.7. The van der Waals surface area contributed by atoms with Gasteiger partial charge < -0.3 is 66.3 Å². The Kier molecular flexibility index (Phi) is 25.1. The molecule has 544 valence electrons. The highest BCUT2D eigenvalue weighted by atomic mass is 16.5. The SMILES string of the molecule is CN[C@@H](C)C(=O)C[C@H](C(=O)N1C[C@@H]2C[C@H]1C(=O)N1Cc3ccccc3C[C@H]1C(=O)C[C@H](C(=O)O)Cc1ccc(cc1)C(=O)N[C@H]1C[C@@H](C(=O)N[C@@H](Cc3ccc4ccccc4c3)C(=O)N[C@H](C(=O)O)Cc3ccc(cc3)OC/C=C/CO2)N(C(=O)[C@@H](NC(=O)[C@H](C)NC)C(C)(C)C)C1)C(C)(C)C. The summed E-state index contributed by atoms with van der Waals surface area (Å²) in [6.45, 7) is 14.1. The number of nitrogens with one attached hydrogen (secondary N) is 6. The van der Waals surface area contributed by atoms with Gasteiger partial charge in [-0.1, -0.05) is 139 Å². The molecule has 24 nitrogen and oxygen atoms in total. The quantitative estimate of drug-likeness (QED) is 0.0671. The molecule has 0 aliphatic carbocycles. The third-order valence-electron chi connectivity index (χ3n) is 20.1. The summed E-state index contributed by atoms with van der Waals surface area (Å²) in [4.78, 5) is 163. The zero-order valence-corrected chi connectivity index (χ0v) is 59.8. The average Bonchev–Trinajstić information content (AvgIpc) is 1.47. The Bertz CT molecular complexity index is 3960. The number of amides is 7. The van der Waals surface area contributed by atoms with Crippen molar-refractivity contribution >= 4 is 75.6 Å². The van der Waals surface area contributed by atoms with E-state index in [9.17, 15) is 43.8 Å². The van der Waals surface area contributed by atoms with Crippen LogP contribution in [0.2, 0.25) is 0 Å². The van der Waals surface area contributed by atoms with E-state index in [1.165, 1.54) is 26.8 Å². The van der Waals surface area contributed by atoms with Crippen LogP contribution in [0.15, 0.2) is 127 Å². The van der Waals surface area contributed by atoms with E-state index in [1.54, 1.807) is 103 Å². The van der Waals surface area contributed by atoms with Gasteiger partial charge in [0.1, 0.15) is 48.3 Å². The molecule has 7 amide bonds. The van der Waals surface area contributed by atoms with Gasteiger partial charge in [-0.25, -0.2) is 4.79 Å². The maximum absolute atomic E-state index is 15.5. The minimum atomic E-state index is -1.49. The number of carboxylic acids is 2. The summed E-state index contributed by atoms with van der Waals surface area (Å²) in [6.07, 6.45) is 1.72. The standard InChI is InChI=1S/C78H97N9O15/c1-45(79-9)65(88)41-59(77(3,4)5)72(94)87-44-58-40-64(87)73(95)85-42-54-20-14-13-19-53(54)37-62(85)66(89)38-55(75(97)98)33-47-21-27-51(28-22-47)69(91)81-56-39-63(86(43-56)74(96)67(78(6,7)8)84-68(90)46(2)80-10)71(93)82-60(36-49-23-26-50-17-11-12-18-52(50)34-49)70(92)83-61(76(99)100)35-48-24-29-57(30-25-48)101-31-15-16-32-102-58/h11-30,34,45-46,55-56,58-64,67,79-80H,31-33,35-44H2,1-10H3,(H,81,91)(H,82,93)(H,83,92)(H,84,90)(H,97,98)(H,99,100)/b16-15+/t45-,46-,55+,56-,58-,59+,60-,61-,62-,63-,64-,67+/m0/s1. The minimum absolute atomic E-state index is 0.00759. The Morgan fingerprint density at radius 2 is 1.25 bits per heavy atom. The summed E-state index contributed by atoms with van der Waals surface area (Å²) >= 11 is 0. The number of benzene rings is 5. The molecule has 5 aromatic carbocycles. The lowest BCUT2D eigenvalue weighted by Crippen LogP contribution is -2.61. The molecule has 7 heterocycles. The number of likely N-dealkylation sites (tertiary alicyclic amines) is 2. The Labute approximate surface area is 595 Å². The van der Waals surface area contributed by atoms with E-state index in [0.29, 0.717) is 22.4 Å². The number of fused-ring (bicyclic) bond motifs is 2. The monoisotopic (exact) mass is 1400 g/mol. The Morgan fingerprint density at radius 1 is 0.618 bits per heavy atom. The van der Waals surface area contributed by atoms with Gasteiger partial charge >= 0.3 is 11.9 Å². The third-order valence-corrected chi connectivity index (χ3v) is 20.1. The molecule has 12 rings (SSSR count). The molecule has 102 heavy (non-hydrogen) atoms. The van der Waals surface area contributed by atoms with E-state index < -0.39 is 149 Å². The van der Waals surface area contributed by atoms with Crippen LogP contribution < -0.4 is 36.6 Å². The second-order valence-electron chi connectivity index (χ2n) is 29.6. The van der Waals surface area contributed by atoms with Crippen molar-refractivity contribution < 1.29 is 72.4 Å². The van der Waals surface area contributed by atoms with E-state index in [-0.39, 0.29) is 89.1 Å². The fourth-order valence-corrected chi connectivity index (χ4v) is 13.7. The Balaban J connectivity index is 1.05. The number of nitrogens with zero attached hydrogens (tertiary/aromatic N) is 3. The van der Waals surface area contributed by atoms with E-state index in [0.717, 1.165) is 21.9 Å². The second-order valence-corrected chi connectivity index (χ2v) is 29.6. The minimum Gasteiger partial charge on any atom is -0.490 e. The summed E-state index contributed by atoms with van der Waals surface area (Å²) < 4.78 is 12.4. The van der Waals surface area contributed by atoms with Crippen LogP contribution in [-0.2, 0) is 84.9 Å². The van der Waals surface area contributed by atoms with E-state index in [1.807, 2.05) is 81.4 Å². The number of carbonyl (C=O) groups is 11. The molecule has 0 aromatic heterocycles. The molecular weight excluding hydrogens is 1300 g/mol. The molecule has 8 N–H and O–H groups in total. The molecule has 0 saturated carbocycles. The van der Waals surface area contributed by atoms with Crippen LogP contribution in [-0.4, -0.2) is 191 Å². The van der Waals surface area contributed by atoms with Gasteiger partial charge in [-0.15, -0.1) is 0 Å². The van der Waals surface area contributed by atoms with Crippen molar-refractivity contribution in [2.75, 3.05) is 40.4 Å². The van der Waals surface area contributed by atoms with Gasteiger partial charge in [-0.05, 0) is 121 Å². The summed E-state index contributed by atoms with van der Waals surface area (Å²) in [5, 5.41) is 40.4. The van der Waals surface area contributed by atoms with Crippen LogP contribution in [0.1, 0.15) is 119 Å². The van der Waals surface area contributed by atoms with Gasteiger partial charge in [0.2, 0.25) is 35.4 Å². The highest BCUT2D eigenvalue weighted by molar-refractivity contribution is 5.99. The van der Waals surface area contributed by atoms with Gasteiger partial charge in [0, 0.05) is 75.7 Å². The van der Waals surface area contributed by atoms with E-state index in [2.05, 4.69) is 31.9 Å². The molecule has 7 aliphatic heterocycles. The van der Waals surface area contributed by atoms with Gasteiger partial charge in [-0.2, -0.15) is 0 Å². The van der Waals surface area contributed by atoms with Crippen LogP contribution >= 0.6 is 0 Å². The van der Waals surface area contributed by atoms with Crippen LogP contribution in [0.4, 0.5) is 0 Å². The number of hydrogen-bond acceptors (Lipinski definition) is 15. The van der Waals surface area contributed by atoms with Crippen molar-refractivity contribution in [2.24, 2.45) is 22.7 Å². The molecule has 2 fully saturated rings. The molecule has 24 heteroatoms. The number of carbonyl (C=O) groups excluding carboxylic acids is 9. The smallest absolute Gasteiger partial charge is 0.326 e. The molecule has 0 unspecified atom stereocenters. The zero-order valence-electron chi connectivity index (χ0n) is 59.8. The highest BCUT2D eigenvalue weighted by Crippen LogP contribution is 2.37. The van der Waals surface area contributed by atoms with Crippen LogP contribution in [0.25, 0.3) is 10.8 Å². The predicted molar refractivity (Wildman–Crippen MR) is 382 cm³/mol. The molecule has 8 bridgehead atoms. The van der Waals surface area contributed by atoms with Crippen molar-refractivity contribution in [2.45, 2.75) is 174 Å². The Morgan fingerprint density at radius 3 is 1.91 bits per heavy atom. The summed E-state index contributed by atoms with van der Waals surface area (Å²) in [5.74, 6) is -9.35. The van der Waals surface area contributed by atoms with Crippen LogP contribution in [0.3, 0.4) is 0 Å².